The van der Waals surface area contributed by atoms with E-state index in [9.17, 15) is 9.50 Å². The number of hydrogen-bond acceptors (Lipinski definition) is 2. The van der Waals surface area contributed by atoms with Crippen LogP contribution in [0.3, 0.4) is 0 Å². The van der Waals surface area contributed by atoms with Gasteiger partial charge in [-0.1, -0.05) is 40.2 Å². The normalized spacial score (nSPS) is 19.1. The Morgan fingerprint density at radius 1 is 1.25 bits per heavy atom. The first kappa shape index (κ1) is 13.6. The van der Waals surface area contributed by atoms with Crippen LogP contribution in [0.25, 0.3) is 0 Å². The van der Waals surface area contributed by atoms with E-state index in [1.54, 1.807) is 12.1 Å². The number of fused-ring (bicyclic) bond motifs is 1. The molecule has 2 atom stereocenters. The summed E-state index contributed by atoms with van der Waals surface area (Å²) >= 11 is 3.23. The van der Waals surface area contributed by atoms with E-state index in [2.05, 4.69) is 27.3 Å². The smallest absolute Gasteiger partial charge is 0.130 e. The van der Waals surface area contributed by atoms with Crippen molar-refractivity contribution in [3.63, 3.8) is 0 Å². The van der Waals surface area contributed by atoms with E-state index in [1.807, 2.05) is 18.2 Å². The molecule has 0 saturated carbocycles. The second-order valence-electron chi connectivity index (χ2n) is 5.06. The zero-order chi connectivity index (χ0) is 14.1. The summed E-state index contributed by atoms with van der Waals surface area (Å²) in [6.45, 7) is 0. The minimum atomic E-state index is -0.851. The Kier molecular flexibility index (Phi) is 3.76. The van der Waals surface area contributed by atoms with E-state index in [0.717, 1.165) is 18.5 Å². The third-order valence-corrected chi connectivity index (χ3v) is 4.24. The van der Waals surface area contributed by atoms with Crippen molar-refractivity contribution in [1.29, 1.82) is 0 Å². The van der Waals surface area contributed by atoms with Gasteiger partial charge in [0.05, 0.1) is 6.04 Å². The van der Waals surface area contributed by atoms with Gasteiger partial charge >= 0.3 is 0 Å². The molecule has 2 N–H and O–H groups in total. The van der Waals surface area contributed by atoms with Crippen molar-refractivity contribution >= 4 is 21.6 Å². The number of aryl methyl sites for hydroxylation is 1. The fourth-order valence-electron chi connectivity index (χ4n) is 2.66. The van der Waals surface area contributed by atoms with Gasteiger partial charge in [0.15, 0.2) is 0 Å². The SMILES string of the molecule is OC(c1ccc(Br)cc1F)C1CCc2ccccc2N1. The number of benzene rings is 2. The Balaban J connectivity index is 1.84. The topological polar surface area (TPSA) is 32.3 Å². The fourth-order valence-corrected chi connectivity index (χ4v) is 2.99. The lowest BCUT2D eigenvalue weighted by molar-refractivity contribution is 0.144. The first-order valence-electron chi connectivity index (χ1n) is 6.62. The molecule has 104 valence electrons. The lowest BCUT2D eigenvalue weighted by Crippen LogP contribution is -2.32. The molecule has 1 aliphatic rings. The van der Waals surface area contributed by atoms with Gasteiger partial charge in [-0.25, -0.2) is 4.39 Å². The van der Waals surface area contributed by atoms with Crippen molar-refractivity contribution in [2.24, 2.45) is 0 Å². The number of rotatable bonds is 2. The lowest BCUT2D eigenvalue weighted by atomic mass is 9.91. The summed E-state index contributed by atoms with van der Waals surface area (Å²) in [7, 11) is 0. The molecule has 2 aromatic rings. The Morgan fingerprint density at radius 2 is 2.05 bits per heavy atom. The number of hydrogen-bond donors (Lipinski definition) is 2. The minimum absolute atomic E-state index is 0.166. The highest BCUT2D eigenvalue weighted by Crippen LogP contribution is 2.32. The van der Waals surface area contributed by atoms with E-state index >= 15 is 0 Å². The zero-order valence-corrected chi connectivity index (χ0v) is 12.4. The molecule has 0 saturated heterocycles. The highest BCUT2D eigenvalue weighted by molar-refractivity contribution is 9.10. The number of para-hydroxylation sites is 1. The van der Waals surface area contributed by atoms with Crippen molar-refractivity contribution in [2.75, 3.05) is 5.32 Å². The molecule has 0 aromatic heterocycles. The number of aliphatic hydroxyl groups excluding tert-OH is 1. The maximum atomic E-state index is 13.9. The van der Waals surface area contributed by atoms with Crippen molar-refractivity contribution in [1.82, 2.24) is 0 Å². The molecule has 3 rings (SSSR count). The van der Waals surface area contributed by atoms with Crippen LogP contribution in [0.4, 0.5) is 10.1 Å². The quantitative estimate of drug-likeness (QED) is 0.867. The van der Waals surface area contributed by atoms with Crippen LogP contribution in [0.1, 0.15) is 23.7 Å². The molecule has 0 amide bonds. The molecule has 2 nitrogen and oxygen atoms in total. The molecule has 0 fully saturated rings. The van der Waals surface area contributed by atoms with Crippen LogP contribution in [0.15, 0.2) is 46.9 Å². The van der Waals surface area contributed by atoms with Crippen molar-refractivity contribution in [3.8, 4) is 0 Å². The van der Waals surface area contributed by atoms with Gasteiger partial charge in [-0.05, 0) is 36.6 Å². The third kappa shape index (κ3) is 2.58. The van der Waals surface area contributed by atoms with Gasteiger partial charge in [-0.15, -0.1) is 0 Å². The Labute approximate surface area is 125 Å². The molecular weight excluding hydrogens is 321 g/mol. The summed E-state index contributed by atoms with van der Waals surface area (Å²) in [5.41, 5.74) is 2.61. The number of halogens is 2. The van der Waals surface area contributed by atoms with Gasteiger partial charge in [0.1, 0.15) is 11.9 Å². The van der Waals surface area contributed by atoms with Crippen LogP contribution in [-0.2, 0) is 6.42 Å². The summed E-state index contributed by atoms with van der Waals surface area (Å²) in [5, 5.41) is 13.7. The molecular formula is C16H15BrFNO. The van der Waals surface area contributed by atoms with Crippen LogP contribution in [-0.4, -0.2) is 11.1 Å². The van der Waals surface area contributed by atoms with Gasteiger partial charge in [0.2, 0.25) is 0 Å². The second-order valence-corrected chi connectivity index (χ2v) is 5.97. The molecule has 20 heavy (non-hydrogen) atoms. The van der Waals surface area contributed by atoms with Crippen LogP contribution in [0, 0.1) is 5.82 Å². The summed E-state index contributed by atoms with van der Waals surface area (Å²) in [6.07, 6.45) is 0.827. The Morgan fingerprint density at radius 3 is 2.85 bits per heavy atom. The van der Waals surface area contributed by atoms with Crippen LogP contribution in [0.5, 0.6) is 0 Å². The third-order valence-electron chi connectivity index (χ3n) is 3.75. The average molecular weight is 336 g/mol. The van der Waals surface area contributed by atoms with Gasteiger partial charge < -0.3 is 10.4 Å². The van der Waals surface area contributed by atoms with Gasteiger partial charge in [-0.2, -0.15) is 0 Å². The first-order valence-corrected chi connectivity index (χ1v) is 7.42. The van der Waals surface area contributed by atoms with Crippen molar-refractivity contribution in [2.45, 2.75) is 25.0 Å². The molecule has 2 aromatic carbocycles. The molecule has 0 bridgehead atoms. The van der Waals surface area contributed by atoms with E-state index in [4.69, 9.17) is 0 Å². The van der Waals surface area contributed by atoms with Gasteiger partial charge in [0, 0.05) is 15.7 Å². The monoisotopic (exact) mass is 335 g/mol. The average Bonchev–Trinajstić information content (AvgIpc) is 2.46. The zero-order valence-electron chi connectivity index (χ0n) is 10.8. The maximum absolute atomic E-state index is 13.9. The predicted molar refractivity (Wildman–Crippen MR) is 81.2 cm³/mol. The van der Waals surface area contributed by atoms with E-state index in [0.29, 0.717) is 10.0 Å². The van der Waals surface area contributed by atoms with Gasteiger partial charge in [0.25, 0.3) is 0 Å². The minimum Gasteiger partial charge on any atom is -0.386 e. The highest BCUT2D eigenvalue weighted by Gasteiger charge is 2.27. The van der Waals surface area contributed by atoms with Gasteiger partial charge in [-0.3, -0.25) is 0 Å². The van der Waals surface area contributed by atoms with Crippen LogP contribution < -0.4 is 5.32 Å². The standard InChI is InChI=1S/C16H15BrFNO/c17-11-6-7-12(13(18)9-11)16(20)15-8-5-10-3-1-2-4-14(10)19-15/h1-4,6-7,9,15-16,19-20H,5,8H2. The fraction of sp³-hybridized carbons (Fsp3) is 0.250. The number of aliphatic hydroxyl groups is 1. The molecule has 1 aliphatic heterocycles. The maximum Gasteiger partial charge on any atom is 0.130 e. The highest BCUT2D eigenvalue weighted by atomic mass is 79.9. The summed E-state index contributed by atoms with van der Waals surface area (Å²) in [6, 6.07) is 12.6. The summed E-state index contributed by atoms with van der Waals surface area (Å²) < 4.78 is 14.6. The first-order chi connectivity index (χ1) is 9.65. The summed E-state index contributed by atoms with van der Waals surface area (Å²) in [5.74, 6) is -0.382. The predicted octanol–water partition coefficient (Wildman–Crippen LogP) is 4.05. The Bertz CT molecular complexity index is 632. The van der Waals surface area contributed by atoms with Crippen LogP contribution in [0.2, 0.25) is 0 Å². The van der Waals surface area contributed by atoms with Crippen molar-refractivity contribution in [3.05, 3.63) is 63.9 Å². The lowest BCUT2D eigenvalue weighted by Gasteiger charge is -2.31. The van der Waals surface area contributed by atoms with E-state index in [1.165, 1.54) is 11.6 Å². The van der Waals surface area contributed by atoms with Crippen LogP contribution >= 0.6 is 15.9 Å². The molecule has 1 heterocycles. The van der Waals surface area contributed by atoms with Crippen molar-refractivity contribution < 1.29 is 9.50 Å². The second kappa shape index (κ2) is 5.54. The molecule has 4 heteroatoms. The molecule has 0 aliphatic carbocycles. The summed E-state index contributed by atoms with van der Waals surface area (Å²) in [4.78, 5) is 0. The Hall–Kier alpha value is -1.39. The molecule has 0 radical (unpaired) electrons. The van der Waals surface area contributed by atoms with E-state index in [-0.39, 0.29) is 11.9 Å². The number of nitrogens with one attached hydrogen (secondary N) is 1. The number of anilines is 1. The van der Waals surface area contributed by atoms with E-state index < -0.39 is 6.10 Å². The molecule has 2 unspecified atom stereocenters. The largest absolute Gasteiger partial charge is 0.386 e. The molecule has 0 spiro atoms.